The average Bonchev–Trinajstić information content (AvgIpc) is 2.55. The van der Waals surface area contributed by atoms with Crippen molar-refractivity contribution in [3.63, 3.8) is 0 Å². The molecular weight excluding hydrogens is 384 g/mol. The molecule has 2 aromatic rings. The molecule has 10 nitrogen and oxygen atoms in total. The highest BCUT2D eigenvalue weighted by Gasteiger charge is 2.27. The number of aromatic nitrogens is 3. The van der Waals surface area contributed by atoms with E-state index in [2.05, 4.69) is 31.6 Å². The Bertz CT molecular complexity index is 985. The van der Waals surface area contributed by atoms with Gasteiger partial charge >= 0.3 is 22.3 Å². The molecule has 0 unspecified atom stereocenters. The molecule has 3 N–H and O–H groups in total. The summed E-state index contributed by atoms with van der Waals surface area (Å²) < 4.78 is 29.0. The summed E-state index contributed by atoms with van der Waals surface area (Å²) >= 11 is 5.31. The largest absolute Gasteiger partial charge is 0.467 e. The predicted molar refractivity (Wildman–Crippen MR) is 94.9 cm³/mol. The molecule has 0 aliphatic carbocycles. The van der Waals surface area contributed by atoms with Crippen LogP contribution in [0.1, 0.15) is 11.4 Å². The molecule has 12 heteroatoms. The van der Waals surface area contributed by atoms with Gasteiger partial charge in [0, 0.05) is 10.9 Å². The molecule has 0 saturated carbocycles. The van der Waals surface area contributed by atoms with Crippen LogP contribution in [0.4, 0.5) is 16.4 Å². The van der Waals surface area contributed by atoms with Crippen molar-refractivity contribution < 1.29 is 17.9 Å². The van der Waals surface area contributed by atoms with E-state index in [0.29, 0.717) is 9.87 Å². The number of halogens is 1. The fourth-order valence-electron chi connectivity index (χ4n) is 1.87. The van der Waals surface area contributed by atoms with E-state index in [1.54, 1.807) is 6.92 Å². The predicted octanol–water partition coefficient (Wildman–Crippen LogP) is 0.978. The van der Waals surface area contributed by atoms with Gasteiger partial charge in [-0.05, 0) is 48.7 Å². The smallest absolute Gasteiger partial charge is 0.343 e. The summed E-state index contributed by atoms with van der Waals surface area (Å²) in [6.45, 7) is 1.55. The average molecular weight is 397 g/mol. The van der Waals surface area contributed by atoms with Crippen LogP contribution in [-0.2, 0) is 10.2 Å². The van der Waals surface area contributed by atoms with Crippen molar-refractivity contribution in [1.29, 1.82) is 0 Å². The lowest BCUT2D eigenvalue weighted by atomic mass is 10.2. The standard InChI is InChI=1S/C14H13ClN6O4S/c1-9-17-12(19-13(18-9)25-2)20-14(22)21(26(16,23)24)11-5-3-10(4-6-11)7-8-15/h3-6H,1-2H3,(H2,16,23,24)(H,17,18,19,20,22). The van der Waals surface area contributed by atoms with Crippen molar-refractivity contribution in [2.45, 2.75) is 6.92 Å². The van der Waals surface area contributed by atoms with E-state index in [0.717, 1.165) is 0 Å². The van der Waals surface area contributed by atoms with Crippen molar-refractivity contribution in [2.24, 2.45) is 5.14 Å². The number of rotatable bonds is 4. The molecule has 0 spiro atoms. The molecule has 2 amide bonds. The SMILES string of the molecule is COc1nc(C)nc(NC(=O)N(c2ccc(C#CCl)cc2)S(N)(=O)=O)n1. The van der Waals surface area contributed by atoms with Gasteiger partial charge in [0.2, 0.25) is 5.95 Å². The molecule has 0 fully saturated rings. The van der Waals surface area contributed by atoms with Gasteiger partial charge in [-0.25, -0.2) is 9.93 Å². The normalized spacial score (nSPS) is 10.5. The van der Waals surface area contributed by atoms with E-state index in [-0.39, 0.29) is 23.5 Å². The summed E-state index contributed by atoms with van der Waals surface area (Å²) in [5, 5.41) is 9.58. The van der Waals surface area contributed by atoms with Crippen LogP contribution in [0.15, 0.2) is 24.3 Å². The fraction of sp³-hybridized carbons (Fsp3) is 0.143. The minimum Gasteiger partial charge on any atom is -0.467 e. The molecular formula is C14H13ClN6O4S. The highest BCUT2D eigenvalue weighted by molar-refractivity contribution is 7.91. The number of methoxy groups -OCH3 is 1. The Morgan fingerprint density at radius 3 is 2.46 bits per heavy atom. The van der Waals surface area contributed by atoms with E-state index in [1.807, 2.05) is 0 Å². The van der Waals surface area contributed by atoms with Crippen LogP contribution in [0.2, 0.25) is 0 Å². The van der Waals surface area contributed by atoms with Crippen LogP contribution in [-0.4, -0.2) is 36.5 Å². The number of nitrogens with one attached hydrogen (secondary N) is 1. The molecule has 2 rings (SSSR count). The first kappa shape index (κ1) is 19.4. The Labute approximate surface area is 154 Å². The van der Waals surface area contributed by atoms with E-state index in [1.165, 1.54) is 31.4 Å². The number of aryl methyl sites for hydroxylation is 1. The maximum absolute atomic E-state index is 12.4. The minimum absolute atomic E-state index is 0.0112. The second-order valence-corrected chi connectivity index (χ2v) is 6.28. The molecule has 1 aromatic carbocycles. The first-order valence-electron chi connectivity index (χ1n) is 6.87. The van der Waals surface area contributed by atoms with Gasteiger partial charge in [0.25, 0.3) is 0 Å². The van der Waals surface area contributed by atoms with Crippen molar-refractivity contribution in [1.82, 2.24) is 15.0 Å². The summed E-state index contributed by atoms with van der Waals surface area (Å²) in [6, 6.07) is 4.52. The Balaban J connectivity index is 2.36. The number of carbonyl (C=O) groups excluding carboxylic acids is 1. The van der Waals surface area contributed by atoms with Crippen molar-refractivity contribution in [3.8, 4) is 17.3 Å². The first-order chi connectivity index (χ1) is 12.2. The fourth-order valence-corrected chi connectivity index (χ4v) is 2.67. The van der Waals surface area contributed by atoms with E-state index in [9.17, 15) is 13.2 Å². The zero-order valence-corrected chi connectivity index (χ0v) is 15.2. The minimum atomic E-state index is -4.43. The zero-order valence-electron chi connectivity index (χ0n) is 13.6. The Morgan fingerprint density at radius 2 is 1.92 bits per heavy atom. The van der Waals surface area contributed by atoms with Crippen LogP contribution in [0.25, 0.3) is 0 Å². The summed E-state index contributed by atoms with van der Waals surface area (Å²) in [5.74, 6) is 2.64. The second kappa shape index (κ2) is 7.96. The van der Waals surface area contributed by atoms with Gasteiger partial charge in [-0.1, -0.05) is 0 Å². The van der Waals surface area contributed by atoms with Crippen molar-refractivity contribution in [3.05, 3.63) is 35.7 Å². The molecule has 0 radical (unpaired) electrons. The Kier molecular flexibility index (Phi) is 5.93. The lowest BCUT2D eigenvalue weighted by Crippen LogP contribution is -2.44. The lowest BCUT2D eigenvalue weighted by Gasteiger charge is -2.20. The van der Waals surface area contributed by atoms with E-state index >= 15 is 0 Å². The van der Waals surface area contributed by atoms with Gasteiger partial charge < -0.3 is 4.74 Å². The highest BCUT2D eigenvalue weighted by atomic mass is 35.5. The lowest BCUT2D eigenvalue weighted by molar-refractivity contribution is 0.259. The third-order valence-electron chi connectivity index (χ3n) is 2.86. The number of nitrogens with two attached hydrogens (primary N) is 1. The molecule has 0 atom stereocenters. The van der Waals surface area contributed by atoms with Crippen LogP contribution >= 0.6 is 11.6 Å². The third kappa shape index (κ3) is 4.79. The Hall–Kier alpha value is -2.94. The van der Waals surface area contributed by atoms with Gasteiger partial charge in [-0.3, -0.25) is 5.32 Å². The molecule has 0 aliphatic heterocycles. The van der Waals surface area contributed by atoms with Gasteiger partial charge in [0.05, 0.1) is 12.8 Å². The quantitative estimate of drug-likeness (QED) is 0.733. The number of anilines is 2. The number of amides is 2. The number of nitrogens with zero attached hydrogens (tertiary/aromatic N) is 4. The molecule has 136 valence electrons. The Morgan fingerprint density at radius 1 is 1.27 bits per heavy atom. The molecule has 26 heavy (non-hydrogen) atoms. The van der Waals surface area contributed by atoms with Gasteiger partial charge in [0.15, 0.2) is 0 Å². The number of ether oxygens (including phenoxy) is 1. The topological polar surface area (TPSA) is 140 Å². The van der Waals surface area contributed by atoms with Crippen LogP contribution in [0.3, 0.4) is 0 Å². The van der Waals surface area contributed by atoms with Crippen LogP contribution in [0, 0.1) is 18.2 Å². The van der Waals surface area contributed by atoms with E-state index < -0.39 is 16.2 Å². The number of urea groups is 1. The molecule has 1 heterocycles. The van der Waals surface area contributed by atoms with Crippen molar-refractivity contribution >= 4 is 39.5 Å². The molecule has 0 aliphatic rings. The summed E-state index contributed by atoms with van der Waals surface area (Å²) in [5.41, 5.74) is 0.513. The maximum atomic E-state index is 12.4. The van der Waals surface area contributed by atoms with E-state index in [4.69, 9.17) is 21.5 Å². The van der Waals surface area contributed by atoms with Gasteiger partial charge in [0.1, 0.15) is 5.82 Å². The summed E-state index contributed by atoms with van der Waals surface area (Å²) in [7, 11) is -3.10. The highest BCUT2D eigenvalue weighted by Crippen LogP contribution is 2.19. The first-order valence-corrected chi connectivity index (χ1v) is 8.75. The third-order valence-corrected chi connectivity index (χ3v) is 3.84. The molecule has 0 saturated heterocycles. The maximum Gasteiger partial charge on any atom is 0.343 e. The molecule has 0 bridgehead atoms. The number of hydrogen-bond donors (Lipinski definition) is 2. The van der Waals surface area contributed by atoms with Crippen LogP contribution < -0.4 is 19.5 Å². The molecule has 1 aromatic heterocycles. The monoisotopic (exact) mass is 396 g/mol. The number of hydrogen-bond acceptors (Lipinski definition) is 7. The van der Waals surface area contributed by atoms with Gasteiger partial charge in [-0.2, -0.15) is 27.7 Å². The number of carbonyl (C=O) groups is 1. The number of benzene rings is 1. The van der Waals surface area contributed by atoms with Crippen molar-refractivity contribution in [2.75, 3.05) is 16.7 Å². The summed E-state index contributed by atoms with van der Waals surface area (Å²) in [6.07, 6.45) is 0. The second-order valence-electron chi connectivity index (χ2n) is 4.70. The van der Waals surface area contributed by atoms with Crippen LogP contribution in [0.5, 0.6) is 6.01 Å². The zero-order chi connectivity index (χ0) is 19.3. The summed E-state index contributed by atoms with van der Waals surface area (Å²) in [4.78, 5) is 24.0. The van der Waals surface area contributed by atoms with Gasteiger partial charge in [-0.15, -0.1) is 0 Å².